The van der Waals surface area contributed by atoms with E-state index in [0.29, 0.717) is 44.2 Å². The van der Waals surface area contributed by atoms with Crippen molar-refractivity contribution >= 4 is 11.6 Å². The molecule has 1 aromatic rings. The molecule has 0 atom stereocenters. The Labute approximate surface area is 114 Å². The molecule has 0 bridgehead atoms. The summed E-state index contributed by atoms with van der Waals surface area (Å²) in [6.07, 6.45) is 1.36. The fraction of sp³-hybridized carbons (Fsp3) is 0.500. The van der Waals surface area contributed by atoms with Crippen LogP contribution < -0.4 is 15.8 Å². The van der Waals surface area contributed by atoms with Crippen LogP contribution >= 0.6 is 0 Å². The third kappa shape index (κ3) is 7.31. The number of carbonyl (C=O) groups is 1. The molecule has 5 heteroatoms. The van der Waals surface area contributed by atoms with Crippen LogP contribution in [0.25, 0.3) is 0 Å². The van der Waals surface area contributed by atoms with Crippen molar-refractivity contribution in [3.05, 3.63) is 24.3 Å². The van der Waals surface area contributed by atoms with Gasteiger partial charge in [-0.15, -0.1) is 0 Å². The van der Waals surface area contributed by atoms with E-state index >= 15 is 0 Å². The van der Waals surface area contributed by atoms with Crippen LogP contribution in [0.4, 0.5) is 5.69 Å². The third-order valence-corrected chi connectivity index (χ3v) is 2.37. The number of nitrogen functional groups attached to an aromatic ring is 1. The highest BCUT2D eigenvalue weighted by molar-refractivity contribution is 5.75. The van der Waals surface area contributed by atoms with E-state index in [1.54, 1.807) is 12.1 Å². The number of hydrogen-bond donors (Lipinski definition) is 2. The van der Waals surface area contributed by atoms with Gasteiger partial charge in [0.05, 0.1) is 13.2 Å². The lowest BCUT2D eigenvalue weighted by Crippen LogP contribution is -2.28. The summed E-state index contributed by atoms with van der Waals surface area (Å²) in [4.78, 5) is 11.4. The Balaban J connectivity index is 2.05. The SMILES string of the molecule is CCCOCCC(=O)NCCOc1cccc(N)c1. The first-order chi connectivity index (χ1) is 9.22. The highest BCUT2D eigenvalue weighted by atomic mass is 16.5. The molecule has 1 amide bonds. The molecule has 0 unspecified atom stereocenters. The summed E-state index contributed by atoms with van der Waals surface area (Å²) in [5.74, 6) is 0.688. The van der Waals surface area contributed by atoms with Gasteiger partial charge in [-0.25, -0.2) is 0 Å². The van der Waals surface area contributed by atoms with Gasteiger partial charge in [0.1, 0.15) is 12.4 Å². The van der Waals surface area contributed by atoms with Crippen LogP contribution in [0.5, 0.6) is 5.75 Å². The summed E-state index contributed by atoms with van der Waals surface area (Å²) >= 11 is 0. The molecular weight excluding hydrogens is 244 g/mol. The monoisotopic (exact) mass is 266 g/mol. The van der Waals surface area contributed by atoms with Crippen LogP contribution in [0.15, 0.2) is 24.3 Å². The lowest BCUT2D eigenvalue weighted by Gasteiger charge is -2.08. The van der Waals surface area contributed by atoms with E-state index in [-0.39, 0.29) is 5.91 Å². The summed E-state index contributed by atoms with van der Waals surface area (Å²) in [5, 5.41) is 2.77. The maximum Gasteiger partial charge on any atom is 0.222 e. The minimum absolute atomic E-state index is 0.0210. The number of nitrogens with two attached hydrogens (primary N) is 1. The summed E-state index contributed by atoms with van der Waals surface area (Å²) in [6.45, 7) is 4.10. The highest BCUT2D eigenvalue weighted by Gasteiger charge is 2.00. The Kier molecular flexibility index (Phi) is 7.43. The summed E-state index contributed by atoms with van der Waals surface area (Å²) in [7, 11) is 0. The molecule has 1 rings (SSSR count). The van der Waals surface area contributed by atoms with Crippen molar-refractivity contribution in [3.63, 3.8) is 0 Å². The number of hydrogen-bond acceptors (Lipinski definition) is 4. The molecule has 0 aliphatic rings. The largest absolute Gasteiger partial charge is 0.492 e. The second kappa shape index (κ2) is 9.22. The zero-order valence-corrected chi connectivity index (χ0v) is 11.4. The van der Waals surface area contributed by atoms with Crippen molar-refractivity contribution in [2.45, 2.75) is 19.8 Å². The molecule has 0 aliphatic carbocycles. The first kappa shape index (κ1) is 15.3. The van der Waals surface area contributed by atoms with Gasteiger partial charge < -0.3 is 20.5 Å². The standard InChI is InChI=1S/C14H22N2O3/c1-2-8-18-9-6-14(17)16-7-10-19-13-5-3-4-12(15)11-13/h3-5,11H,2,6-10,15H2,1H3,(H,16,17). The number of rotatable bonds is 9. The Morgan fingerprint density at radius 1 is 1.32 bits per heavy atom. The summed E-state index contributed by atoms with van der Waals surface area (Å²) in [5.41, 5.74) is 6.29. The lowest BCUT2D eigenvalue weighted by molar-refractivity contribution is -0.122. The molecule has 0 fully saturated rings. The van der Waals surface area contributed by atoms with Crippen LogP contribution in [0.3, 0.4) is 0 Å². The minimum atomic E-state index is -0.0210. The minimum Gasteiger partial charge on any atom is -0.492 e. The Bertz CT molecular complexity index is 383. The maximum absolute atomic E-state index is 11.4. The summed E-state index contributed by atoms with van der Waals surface area (Å²) < 4.78 is 10.7. The van der Waals surface area contributed by atoms with Crippen molar-refractivity contribution in [3.8, 4) is 5.75 Å². The molecule has 0 saturated carbocycles. The van der Waals surface area contributed by atoms with E-state index in [1.165, 1.54) is 0 Å². The van der Waals surface area contributed by atoms with Crippen molar-refractivity contribution in [1.29, 1.82) is 0 Å². The Morgan fingerprint density at radius 3 is 2.89 bits per heavy atom. The normalized spacial score (nSPS) is 10.2. The van der Waals surface area contributed by atoms with E-state index in [1.807, 2.05) is 19.1 Å². The van der Waals surface area contributed by atoms with Crippen LogP contribution in [0.2, 0.25) is 0 Å². The molecule has 0 aliphatic heterocycles. The average Bonchev–Trinajstić information content (AvgIpc) is 2.40. The van der Waals surface area contributed by atoms with Crippen molar-refractivity contribution in [2.24, 2.45) is 0 Å². The van der Waals surface area contributed by atoms with Gasteiger partial charge in [-0.05, 0) is 18.6 Å². The second-order valence-electron chi connectivity index (χ2n) is 4.13. The smallest absolute Gasteiger partial charge is 0.222 e. The van der Waals surface area contributed by atoms with Crippen LogP contribution in [-0.4, -0.2) is 32.3 Å². The number of ether oxygens (including phenoxy) is 2. The van der Waals surface area contributed by atoms with E-state index < -0.39 is 0 Å². The molecule has 5 nitrogen and oxygen atoms in total. The predicted octanol–water partition coefficient (Wildman–Crippen LogP) is 1.58. The number of nitrogens with one attached hydrogen (secondary N) is 1. The fourth-order valence-electron chi connectivity index (χ4n) is 1.46. The van der Waals surface area contributed by atoms with Crippen LogP contribution in [-0.2, 0) is 9.53 Å². The zero-order valence-electron chi connectivity index (χ0n) is 11.4. The third-order valence-electron chi connectivity index (χ3n) is 2.37. The van der Waals surface area contributed by atoms with Crippen LogP contribution in [0.1, 0.15) is 19.8 Å². The van der Waals surface area contributed by atoms with Gasteiger partial charge in [-0.2, -0.15) is 0 Å². The van der Waals surface area contributed by atoms with E-state index in [4.69, 9.17) is 15.2 Å². The van der Waals surface area contributed by atoms with Gasteiger partial charge in [0, 0.05) is 24.8 Å². The highest BCUT2D eigenvalue weighted by Crippen LogP contribution is 2.13. The van der Waals surface area contributed by atoms with Gasteiger partial charge in [-0.1, -0.05) is 13.0 Å². The van der Waals surface area contributed by atoms with Crippen LogP contribution in [0, 0.1) is 0 Å². The Hall–Kier alpha value is -1.75. The van der Waals surface area contributed by atoms with E-state index in [9.17, 15) is 4.79 Å². The average molecular weight is 266 g/mol. The van der Waals surface area contributed by atoms with Gasteiger partial charge in [0.15, 0.2) is 0 Å². The maximum atomic E-state index is 11.4. The van der Waals surface area contributed by atoms with Crippen molar-refractivity contribution < 1.29 is 14.3 Å². The first-order valence-corrected chi connectivity index (χ1v) is 6.55. The molecular formula is C14H22N2O3. The predicted molar refractivity (Wildman–Crippen MR) is 75.1 cm³/mol. The molecule has 0 radical (unpaired) electrons. The van der Waals surface area contributed by atoms with Gasteiger partial charge in [0.2, 0.25) is 5.91 Å². The molecule has 19 heavy (non-hydrogen) atoms. The number of anilines is 1. The van der Waals surface area contributed by atoms with Gasteiger partial charge >= 0.3 is 0 Å². The molecule has 0 saturated heterocycles. The van der Waals surface area contributed by atoms with Gasteiger partial charge in [-0.3, -0.25) is 4.79 Å². The second-order valence-corrected chi connectivity index (χ2v) is 4.13. The number of benzene rings is 1. The van der Waals surface area contributed by atoms with Gasteiger partial charge in [0.25, 0.3) is 0 Å². The number of amides is 1. The molecule has 0 spiro atoms. The fourth-order valence-corrected chi connectivity index (χ4v) is 1.46. The van der Waals surface area contributed by atoms with Crippen molar-refractivity contribution in [2.75, 3.05) is 32.1 Å². The lowest BCUT2D eigenvalue weighted by atomic mass is 10.3. The van der Waals surface area contributed by atoms with E-state index in [2.05, 4.69) is 5.32 Å². The molecule has 0 heterocycles. The molecule has 106 valence electrons. The summed E-state index contributed by atoms with van der Waals surface area (Å²) in [6, 6.07) is 7.20. The van der Waals surface area contributed by atoms with Crippen molar-refractivity contribution in [1.82, 2.24) is 5.32 Å². The molecule has 1 aromatic carbocycles. The number of carbonyl (C=O) groups excluding carboxylic acids is 1. The zero-order chi connectivity index (χ0) is 13.9. The topological polar surface area (TPSA) is 73.6 Å². The quantitative estimate of drug-likeness (QED) is 0.526. The first-order valence-electron chi connectivity index (χ1n) is 6.55. The van der Waals surface area contributed by atoms with E-state index in [0.717, 1.165) is 6.42 Å². The Morgan fingerprint density at radius 2 is 2.16 bits per heavy atom. The molecule has 3 N–H and O–H groups in total. The molecule has 0 aromatic heterocycles.